The van der Waals surface area contributed by atoms with Gasteiger partial charge >= 0.3 is 0 Å². The van der Waals surface area contributed by atoms with E-state index in [4.69, 9.17) is 0 Å². The van der Waals surface area contributed by atoms with Crippen molar-refractivity contribution in [2.75, 3.05) is 0 Å². The summed E-state index contributed by atoms with van der Waals surface area (Å²) >= 11 is 0. The van der Waals surface area contributed by atoms with Gasteiger partial charge in [-0.25, -0.2) is 4.98 Å². The van der Waals surface area contributed by atoms with E-state index in [1.807, 2.05) is 0 Å². The number of carbonyl (C=O) groups is 1. The fraction of sp³-hybridized carbons (Fsp3) is 0.125. The number of imidazole rings is 1. The van der Waals surface area contributed by atoms with E-state index >= 15 is 0 Å². The fourth-order valence-corrected chi connectivity index (χ4v) is 1.02. The number of aromatic nitrogens is 4. The molecule has 0 aromatic carbocycles. The molecule has 0 unspecified atom stereocenters. The summed E-state index contributed by atoms with van der Waals surface area (Å²) in [4.78, 5) is 15.2. The molecule has 2 aromatic rings. The van der Waals surface area contributed by atoms with Gasteiger partial charge in [-0.1, -0.05) is 0 Å². The first-order chi connectivity index (χ1) is 6.36. The van der Waals surface area contributed by atoms with Gasteiger partial charge in [0, 0.05) is 24.8 Å². The third-order valence-electron chi connectivity index (χ3n) is 1.65. The van der Waals surface area contributed by atoms with Gasteiger partial charge in [0.1, 0.15) is 12.9 Å². The van der Waals surface area contributed by atoms with Crippen molar-refractivity contribution in [3.63, 3.8) is 0 Å². The molecule has 0 aliphatic rings. The van der Waals surface area contributed by atoms with Crippen molar-refractivity contribution in [3.8, 4) is 0 Å². The van der Waals surface area contributed by atoms with Crippen LogP contribution in [0.15, 0.2) is 37.2 Å². The fourth-order valence-electron chi connectivity index (χ4n) is 1.02. The van der Waals surface area contributed by atoms with Gasteiger partial charge in [0.25, 0.3) is 5.91 Å². The summed E-state index contributed by atoms with van der Waals surface area (Å²) in [7, 11) is 0. The number of carbonyl (C=O) groups excluding carboxylic acids is 1. The zero-order valence-corrected chi connectivity index (χ0v) is 6.87. The molecule has 66 valence electrons. The maximum atomic E-state index is 11.4. The summed E-state index contributed by atoms with van der Waals surface area (Å²) in [5, 5.41) is 3.93. The van der Waals surface area contributed by atoms with Gasteiger partial charge in [-0.3, -0.25) is 14.0 Å². The third-order valence-corrected chi connectivity index (χ3v) is 1.65. The van der Waals surface area contributed by atoms with Gasteiger partial charge in [-0.2, -0.15) is 5.10 Å². The molecule has 0 atom stereocenters. The molecule has 2 heterocycles. The lowest BCUT2D eigenvalue weighted by Gasteiger charge is -2.00. The van der Waals surface area contributed by atoms with Gasteiger partial charge in [-0.15, -0.1) is 0 Å². The van der Waals surface area contributed by atoms with Crippen LogP contribution in [0.2, 0.25) is 0 Å². The van der Waals surface area contributed by atoms with Gasteiger partial charge < -0.3 is 0 Å². The highest BCUT2D eigenvalue weighted by Gasteiger charge is 2.03. The Morgan fingerprint density at radius 1 is 1.31 bits per heavy atom. The highest BCUT2D eigenvalue weighted by molar-refractivity contribution is 5.78. The van der Waals surface area contributed by atoms with Gasteiger partial charge in [0.15, 0.2) is 0 Å². The Bertz CT molecular complexity index is 376. The first kappa shape index (κ1) is 7.72. The monoisotopic (exact) mass is 176 g/mol. The Balaban J connectivity index is 2.08. The molecular weight excluding hydrogens is 168 g/mol. The Hall–Kier alpha value is -1.91. The predicted octanol–water partition coefficient (Wildman–Crippen LogP) is 0.420. The van der Waals surface area contributed by atoms with Gasteiger partial charge in [0.2, 0.25) is 0 Å². The first-order valence-electron chi connectivity index (χ1n) is 3.85. The van der Waals surface area contributed by atoms with Crippen molar-refractivity contribution in [1.82, 2.24) is 19.3 Å². The standard InChI is InChI=1S/C8H8N4O/c13-8(11-5-3-9-7-11)6-12-4-1-2-10-12/h1-5,7H,6H2. The minimum Gasteiger partial charge on any atom is -0.275 e. The molecule has 0 radical (unpaired) electrons. The lowest BCUT2D eigenvalue weighted by molar-refractivity contribution is 0.0886. The zero-order chi connectivity index (χ0) is 9.10. The minimum atomic E-state index is -0.0544. The number of nitrogens with zero attached hydrogens (tertiary/aromatic N) is 4. The molecule has 0 saturated heterocycles. The maximum Gasteiger partial charge on any atom is 0.253 e. The highest BCUT2D eigenvalue weighted by atomic mass is 16.2. The molecule has 0 N–H and O–H groups in total. The number of rotatable bonds is 2. The summed E-state index contributed by atoms with van der Waals surface area (Å²) in [5.74, 6) is -0.0544. The van der Waals surface area contributed by atoms with E-state index < -0.39 is 0 Å². The van der Waals surface area contributed by atoms with Gasteiger partial charge in [-0.05, 0) is 6.07 Å². The molecule has 5 heteroatoms. The van der Waals surface area contributed by atoms with Crippen LogP contribution in [0.25, 0.3) is 0 Å². The van der Waals surface area contributed by atoms with Crippen molar-refractivity contribution < 1.29 is 4.79 Å². The SMILES string of the molecule is O=C(Cn1cccn1)n1ccnc1. The van der Waals surface area contributed by atoms with Crippen molar-refractivity contribution in [1.29, 1.82) is 0 Å². The molecule has 13 heavy (non-hydrogen) atoms. The molecule has 2 rings (SSSR count). The normalized spacial score (nSPS) is 10.2. The molecule has 2 aromatic heterocycles. The van der Waals surface area contributed by atoms with Crippen molar-refractivity contribution >= 4 is 5.91 Å². The zero-order valence-electron chi connectivity index (χ0n) is 6.87. The second-order valence-corrected chi connectivity index (χ2v) is 2.57. The van der Waals surface area contributed by atoms with Crippen LogP contribution in [0, 0.1) is 0 Å². The van der Waals surface area contributed by atoms with Crippen LogP contribution in [0.3, 0.4) is 0 Å². The maximum absolute atomic E-state index is 11.4. The molecule has 0 saturated carbocycles. The van der Waals surface area contributed by atoms with Crippen LogP contribution in [-0.4, -0.2) is 25.2 Å². The summed E-state index contributed by atoms with van der Waals surface area (Å²) in [6.45, 7) is 0.239. The van der Waals surface area contributed by atoms with E-state index in [1.165, 1.54) is 10.9 Å². The predicted molar refractivity (Wildman–Crippen MR) is 45.1 cm³/mol. The van der Waals surface area contributed by atoms with E-state index in [2.05, 4.69) is 10.1 Å². The molecule has 0 bridgehead atoms. The molecule has 0 aliphatic heterocycles. The quantitative estimate of drug-likeness (QED) is 0.666. The van der Waals surface area contributed by atoms with Crippen LogP contribution >= 0.6 is 0 Å². The summed E-state index contributed by atoms with van der Waals surface area (Å²) in [6, 6.07) is 1.78. The Morgan fingerprint density at radius 2 is 2.23 bits per heavy atom. The van der Waals surface area contributed by atoms with Crippen molar-refractivity contribution in [3.05, 3.63) is 37.2 Å². The Morgan fingerprint density at radius 3 is 2.85 bits per heavy atom. The topological polar surface area (TPSA) is 52.7 Å². The number of hydrogen-bond donors (Lipinski definition) is 0. The van der Waals surface area contributed by atoms with E-state index in [-0.39, 0.29) is 12.5 Å². The summed E-state index contributed by atoms with van der Waals surface area (Å²) in [6.07, 6.45) is 8.05. The molecular formula is C8H8N4O. The average molecular weight is 176 g/mol. The van der Waals surface area contributed by atoms with E-state index in [0.717, 1.165) is 0 Å². The number of hydrogen-bond acceptors (Lipinski definition) is 3. The second kappa shape index (κ2) is 3.22. The Labute approximate surface area is 74.6 Å². The third kappa shape index (κ3) is 1.64. The lowest BCUT2D eigenvalue weighted by atomic mass is 10.6. The smallest absolute Gasteiger partial charge is 0.253 e. The van der Waals surface area contributed by atoms with Crippen LogP contribution in [0.4, 0.5) is 0 Å². The van der Waals surface area contributed by atoms with Crippen LogP contribution in [0.1, 0.15) is 4.79 Å². The van der Waals surface area contributed by atoms with E-state index in [0.29, 0.717) is 0 Å². The summed E-state index contributed by atoms with van der Waals surface area (Å²) < 4.78 is 3.00. The Kier molecular flexibility index (Phi) is 1.91. The van der Waals surface area contributed by atoms with Crippen LogP contribution in [-0.2, 0) is 6.54 Å². The van der Waals surface area contributed by atoms with Gasteiger partial charge in [0.05, 0.1) is 0 Å². The van der Waals surface area contributed by atoms with Crippen molar-refractivity contribution in [2.24, 2.45) is 0 Å². The van der Waals surface area contributed by atoms with Crippen LogP contribution in [0.5, 0.6) is 0 Å². The van der Waals surface area contributed by atoms with E-state index in [1.54, 1.807) is 35.5 Å². The summed E-state index contributed by atoms with van der Waals surface area (Å²) in [5.41, 5.74) is 0. The van der Waals surface area contributed by atoms with Crippen LogP contribution < -0.4 is 0 Å². The largest absolute Gasteiger partial charge is 0.275 e. The second-order valence-electron chi connectivity index (χ2n) is 2.57. The molecule has 0 aliphatic carbocycles. The molecule has 0 fully saturated rings. The first-order valence-corrected chi connectivity index (χ1v) is 3.85. The minimum absolute atomic E-state index is 0.0544. The van der Waals surface area contributed by atoms with Crippen molar-refractivity contribution in [2.45, 2.75) is 6.54 Å². The highest BCUT2D eigenvalue weighted by Crippen LogP contribution is 1.90. The van der Waals surface area contributed by atoms with E-state index in [9.17, 15) is 4.79 Å². The lowest BCUT2D eigenvalue weighted by Crippen LogP contribution is -2.16. The average Bonchev–Trinajstić information content (AvgIpc) is 2.74. The molecule has 5 nitrogen and oxygen atoms in total. The molecule has 0 spiro atoms. The molecule has 0 amide bonds.